The molecule has 0 fully saturated rings. The predicted molar refractivity (Wildman–Crippen MR) is 95.9 cm³/mol. The zero-order chi connectivity index (χ0) is 17.5. The molecule has 2 rings (SSSR count). The van der Waals surface area contributed by atoms with Crippen molar-refractivity contribution >= 4 is 5.78 Å². The Bertz CT molecular complexity index is 622. The largest absolute Gasteiger partial charge is 0.392 e. The summed E-state index contributed by atoms with van der Waals surface area (Å²) in [4.78, 5) is 12.8. The first-order valence-corrected chi connectivity index (χ1v) is 8.50. The van der Waals surface area contributed by atoms with Gasteiger partial charge in [0, 0.05) is 5.56 Å². The minimum atomic E-state index is -0.879. The van der Waals surface area contributed by atoms with Crippen LogP contribution in [0.5, 0.6) is 0 Å². The highest BCUT2D eigenvalue weighted by molar-refractivity contribution is 5.98. The van der Waals surface area contributed by atoms with E-state index in [-0.39, 0.29) is 11.7 Å². The van der Waals surface area contributed by atoms with E-state index in [1.54, 1.807) is 24.3 Å². The molecule has 2 aromatic carbocycles. The first-order valence-electron chi connectivity index (χ1n) is 8.50. The highest BCUT2D eigenvalue weighted by Gasteiger charge is 2.35. The van der Waals surface area contributed by atoms with Gasteiger partial charge in [-0.1, -0.05) is 74.5 Å². The molecular formula is C21H26O3. The monoisotopic (exact) mass is 326 g/mol. The van der Waals surface area contributed by atoms with Crippen molar-refractivity contribution in [1.29, 1.82) is 0 Å². The van der Waals surface area contributed by atoms with E-state index in [9.17, 15) is 15.0 Å². The maximum Gasteiger partial charge on any atom is 0.171 e. The number of rotatable bonds is 8. The zero-order valence-electron chi connectivity index (χ0n) is 14.3. The SMILES string of the molecule is CC(C)[C@@H](O)[C@@H](C(=O)c1ccccc1)[C@H](O)CCc1ccccc1. The van der Waals surface area contributed by atoms with Crippen LogP contribution in [-0.4, -0.2) is 28.2 Å². The number of carbonyl (C=O) groups excluding carboxylic acids is 1. The lowest BCUT2D eigenvalue weighted by Crippen LogP contribution is -2.41. The number of Topliss-reactive ketones (excluding diaryl/α,β-unsaturated/α-hetero) is 1. The standard InChI is InChI=1S/C21H26O3/c1-15(2)20(23)19(21(24)17-11-7-4-8-12-17)18(22)14-13-16-9-5-3-6-10-16/h3-12,15,18-20,22-23H,13-14H2,1-2H3/t18-,19+,20-/m1/s1. The van der Waals surface area contributed by atoms with Crippen LogP contribution in [0.4, 0.5) is 0 Å². The molecule has 0 aliphatic rings. The fourth-order valence-electron chi connectivity index (χ4n) is 2.91. The summed E-state index contributed by atoms with van der Waals surface area (Å²) in [6, 6.07) is 18.7. The average molecular weight is 326 g/mol. The lowest BCUT2D eigenvalue weighted by Gasteiger charge is -2.29. The van der Waals surface area contributed by atoms with Crippen molar-refractivity contribution in [3.63, 3.8) is 0 Å². The van der Waals surface area contributed by atoms with Crippen LogP contribution in [0.2, 0.25) is 0 Å². The molecule has 3 atom stereocenters. The molecular weight excluding hydrogens is 300 g/mol. The summed E-state index contributed by atoms with van der Waals surface area (Å²) in [7, 11) is 0. The van der Waals surface area contributed by atoms with Crippen LogP contribution in [0.1, 0.15) is 36.2 Å². The summed E-state index contributed by atoms with van der Waals surface area (Å²) < 4.78 is 0. The van der Waals surface area contributed by atoms with Gasteiger partial charge < -0.3 is 10.2 Å². The number of carbonyl (C=O) groups is 1. The molecule has 0 saturated carbocycles. The van der Waals surface area contributed by atoms with E-state index in [1.807, 2.05) is 50.2 Å². The van der Waals surface area contributed by atoms with Crippen molar-refractivity contribution < 1.29 is 15.0 Å². The molecule has 0 unspecified atom stereocenters. The molecule has 3 nitrogen and oxygen atoms in total. The van der Waals surface area contributed by atoms with Crippen molar-refractivity contribution in [2.45, 2.75) is 38.9 Å². The van der Waals surface area contributed by atoms with E-state index >= 15 is 0 Å². The minimum Gasteiger partial charge on any atom is -0.392 e. The van der Waals surface area contributed by atoms with Gasteiger partial charge in [0.25, 0.3) is 0 Å². The number of ketones is 1. The van der Waals surface area contributed by atoms with Crippen LogP contribution >= 0.6 is 0 Å². The third-order valence-corrected chi connectivity index (χ3v) is 4.40. The van der Waals surface area contributed by atoms with Crippen LogP contribution in [-0.2, 0) is 6.42 Å². The number of aryl methyl sites for hydroxylation is 1. The second kappa shape index (κ2) is 8.76. The molecule has 0 spiro atoms. The van der Waals surface area contributed by atoms with Crippen molar-refractivity contribution in [1.82, 2.24) is 0 Å². The molecule has 24 heavy (non-hydrogen) atoms. The lowest BCUT2D eigenvalue weighted by atomic mass is 9.81. The summed E-state index contributed by atoms with van der Waals surface area (Å²) in [6.45, 7) is 3.72. The molecule has 0 saturated heterocycles. The number of benzene rings is 2. The minimum absolute atomic E-state index is 0.103. The zero-order valence-corrected chi connectivity index (χ0v) is 14.3. The molecule has 3 heteroatoms. The molecule has 0 bridgehead atoms. The van der Waals surface area contributed by atoms with E-state index in [1.165, 1.54) is 0 Å². The van der Waals surface area contributed by atoms with E-state index in [0.29, 0.717) is 18.4 Å². The van der Waals surface area contributed by atoms with E-state index in [0.717, 1.165) is 5.56 Å². The van der Waals surface area contributed by atoms with Gasteiger partial charge in [-0.2, -0.15) is 0 Å². The molecule has 2 aromatic rings. The molecule has 0 aromatic heterocycles. The first-order chi connectivity index (χ1) is 11.5. The van der Waals surface area contributed by atoms with Gasteiger partial charge in [0.2, 0.25) is 0 Å². The lowest BCUT2D eigenvalue weighted by molar-refractivity contribution is -0.00496. The van der Waals surface area contributed by atoms with Crippen LogP contribution in [0.25, 0.3) is 0 Å². The van der Waals surface area contributed by atoms with Gasteiger partial charge in [-0.25, -0.2) is 0 Å². The van der Waals surface area contributed by atoms with Gasteiger partial charge in [0.1, 0.15) is 0 Å². The van der Waals surface area contributed by atoms with Crippen molar-refractivity contribution in [2.24, 2.45) is 11.8 Å². The molecule has 0 radical (unpaired) electrons. The predicted octanol–water partition coefficient (Wildman–Crippen LogP) is 3.50. The third kappa shape index (κ3) is 4.76. The summed E-state index contributed by atoms with van der Waals surface area (Å²) in [5.41, 5.74) is 1.64. The Hall–Kier alpha value is -1.97. The summed E-state index contributed by atoms with van der Waals surface area (Å²) in [6.07, 6.45) is -0.638. The fraction of sp³-hybridized carbons (Fsp3) is 0.381. The second-order valence-corrected chi connectivity index (χ2v) is 6.58. The first kappa shape index (κ1) is 18.4. The van der Waals surface area contributed by atoms with Crippen LogP contribution < -0.4 is 0 Å². The Kier molecular flexibility index (Phi) is 6.71. The fourth-order valence-corrected chi connectivity index (χ4v) is 2.91. The van der Waals surface area contributed by atoms with E-state index in [4.69, 9.17) is 0 Å². The molecule has 0 aliphatic carbocycles. The van der Waals surface area contributed by atoms with Gasteiger partial charge in [-0.15, -0.1) is 0 Å². The smallest absolute Gasteiger partial charge is 0.171 e. The number of hydrogen-bond acceptors (Lipinski definition) is 3. The van der Waals surface area contributed by atoms with Crippen molar-refractivity contribution in [2.75, 3.05) is 0 Å². The summed E-state index contributed by atoms with van der Waals surface area (Å²) in [5.74, 6) is -1.11. The van der Waals surface area contributed by atoms with Crippen molar-refractivity contribution in [3.8, 4) is 0 Å². The Balaban J connectivity index is 2.14. The quantitative estimate of drug-likeness (QED) is 0.730. The average Bonchev–Trinajstić information content (AvgIpc) is 2.61. The van der Waals surface area contributed by atoms with E-state index in [2.05, 4.69) is 0 Å². The maximum atomic E-state index is 12.8. The van der Waals surface area contributed by atoms with Crippen LogP contribution in [0.3, 0.4) is 0 Å². The Labute approximate surface area is 144 Å². The molecule has 0 aliphatic heterocycles. The number of aliphatic hydroxyl groups is 2. The Morgan fingerprint density at radius 2 is 1.46 bits per heavy atom. The third-order valence-electron chi connectivity index (χ3n) is 4.40. The summed E-state index contributed by atoms with van der Waals surface area (Å²) >= 11 is 0. The molecule has 2 N–H and O–H groups in total. The number of hydrogen-bond donors (Lipinski definition) is 2. The molecule has 128 valence electrons. The van der Waals surface area contributed by atoms with Gasteiger partial charge in [-0.05, 0) is 24.3 Å². The topological polar surface area (TPSA) is 57.5 Å². The number of aliphatic hydroxyl groups excluding tert-OH is 2. The van der Waals surface area contributed by atoms with Crippen LogP contribution in [0, 0.1) is 11.8 Å². The molecule has 0 heterocycles. The van der Waals surface area contributed by atoms with Gasteiger partial charge in [-0.3, -0.25) is 4.79 Å². The normalized spacial score (nSPS) is 15.0. The highest BCUT2D eigenvalue weighted by Crippen LogP contribution is 2.24. The van der Waals surface area contributed by atoms with Crippen LogP contribution in [0.15, 0.2) is 60.7 Å². The molecule has 0 amide bonds. The Morgan fingerprint density at radius 1 is 0.917 bits per heavy atom. The maximum absolute atomic E-state index is 12.8. The second-order valence-electron chi connectivity index (χ2n) is 6.58. The highest BCUT2D eigenvalue weighted by atomic mass is 16.3. The summed E-state index contributed by atoms with van der Waals surface area (Å²) in [5, 5.41) is 21.1. The van der Waals surface area contributed by atoms with Gasteiger partial charge >= 0.3 is 0 Å². The Morgan fingerprint density at radius 3 is 2.00 bits per heavy atom. The van der Waals surface area contributed by atoms with Gasteiger partial charge in [0.05, 0.1) is 18.1 Å². The van der Waals surface area contributed by atoms with Gasteiger partial charge in [0.15, 0.2) is 5.78 Å². The van der Waals surface area contributed by atoms with E-state index < -0.39 is 18.1 Å². The van der Waals surface area contributed by atoms with Crippen molar-refractivity contribution in [3.05, 3.63) is 71.8 Å².